The number of pyridine rings is 1. The zero-order valence-corrected chi connectivity index (χ0v) is 11.8. The van der Waals surface area contributed by atoms with E-state index in [9.17, 15) is 10.1 Å². The standard InChI is InChI=1S/C13H17N5O3/c1-2-5-15-12-4-3-11(18(19)20)13(16-12)17-6-7-21-10(8-14)9-17/h3-4,10H,2,5-7,9H2,1H3,(H,15,16). The maximum absolute atomic E-state index is 11.2. The van der Waals surface area contributed by atoms with Crippen molar-refractivity contribution in [3.8, 4) is 6.07 Å². The highest BCUT2D eigenvalue weighted by Gasteiger charge is 2.27. The summed E-state index contributed by atoms with van der Waals surface area (Å²) in [5.74, 6) is 0.877. The second-order valence-electron chi connectivity index (χ2n) is 4.66. The van der Waals surface area contributed by atoms with Crippen LogP contribution in [0.3, 0.4) is 0 Å². The lowest BCUT2D eigenvalue weighted by Crippen LogP contribution is -2.42. The van der Waals surface area contributed by atoms with E-state index >= 15 is 0 Å². The zero-order chi connectivity index (χ0) is 15.2. The van der Waals surface area contributed by atoms with Gasteiger partial charge in [-0.2, -0.15) is 5.26 Å². The average molecular weight is 291 g/mol. The van der Waals surface area contributed by atoms with Crippen LogP contribution in [0.5, 0.6) is 0 Å². The lowest BCUT2D eigenvalue weighted by atomic mass is 10.2. The second kappa shape index (κ2) is 6.85. The number of aromatic nitrogens is 1. The van der Waals surface area contributed by atoms with Gasteiger partial charge in [0.2, 0.25) is 5.82 Å². The van der Waals surface area contributed by atoms with Crippen LogP contribution in [0.4, 0.5) is 17.3 Å². The number of hydrogen-bond acceptors (Lipinski definition) is 7. The van der Waals surface area contributed by atoms with Crippen molar-refractivity contribution in [2.45, 2.75) is 19.4 Å². The van der Waals surface area contributed by atoms with Gasteiger partial charge >= 0.3 is 5.69 Å². The first-order chi connectivity index (χ1) is 10.2. The topological polar surface area (TPSA) is 104 Å². The molecule has 8 nitrogen and oxygen atoms in total. The summed E-state index contributed by atoms with van der Waals surface area (Å²) in [5.41, 5.74) is -0.0596. The minimum Gasteiger partial charge on any atom is -0.370 e. The molecule has 0 spiro atoms. The van der Waals surface area contributed by atoms with Gasteiger partial charge in [0.15, 0.2) is 6.10 Å². The third-order valence-corrected chi connectivity index (χ3v) is 3.12. The van der Waals surface area contributed by atoms with Crippen molar-refractivity contribution in [1.29, 1.82) is 5.26 Å². The fraction of sp³-hybridized carbons (Fsp3) is 0.538. The van der Waals surface area contributed by atoms with Crippen molar-refractivity contribution in [1.82, 2.24) is 4.98 Å². The number of morpholine rings is 1. The molecule has 2 rings (SSSR count). The molecule has 1 unspecified atom stereocenters. The highest BCUT2D eigenvalue weighted by atomic mass is 16.6. The molecule has 0 aromatic carbocycles. The smallest absolute Gasteiger partial charge is 0.311 e. The number of rotatable bonds is 5. The lowest BCUT2D eigenvalue weighted by molar-refractivity contribution is -0.384. The molecule has 1 aromatic heterocycles. The predicted octanol–water partition coefficient (Wildman–Crippen LogP) is 1.54. The molecule has 112 valence electrons. The molecule has 1 N–H and O–H groups in total. The number of hydrogen-bond donors (Lipinski definition) is 1. The van der Waals surface area contributed by atoms with E-state index in [1.165, 1.54) is 6.07 Å². The van der Waals surface area contributed by atoms with Gasteiger partial charge < -0.3 is 15.0 Å². The third-order valence-electron chi connectivity index (χ3n) is 3.12. The summed E-state index contributed by atoms with van der Waals surface area (Å²) in [6.07, 6.45) is 0.342. The van der Waals surface area contributed by atoms with Crippen LogP contribution < -0.4 is 10.2 Å². The van der Waals surface area contributed by atoms with Crippen molar-refractivity contribution < 1.29 is 9.66 Å². The van der Waals surface area contributed by atoms with Crippen LogP contribution in [-0.4, -0.2) is 42.3 Å². The van der Waals surface area contributed by atoms with Crippen molar-refractivity contribution >= 4 is 17.3 Å². The molecule has 0 radical (unpaired) electrons. The number of nitro groups is 1. The van der Waals surface area contributed by atoms with E-state index in [-0.39, 0.29) is 18.1 Å². The van der Waals surface area contributed by atoms with Crippen molar-refractivity contribution in [2.24, 2.45) is 0 Å². The van der Waals surface area contributed by atoms with E-state index in [4.69, 9.17) is 10.00 Å². The van der Waals surface area contributed by atoms with Gasteiger partial charge in [-0.15, -0.1) is 0 Å². The maximum Gasteiger partial charge on any atom is 0.311 e. The molecule has 0 saturated carbocycles. The summed E-state index contributed by atoms with van der Waals surface area (Å²) in [6.45, 7) is 3.88. The van der Waals surface area contributed by atoms with Gasteiger partial charge in [0.05, 0.1) is 24.1 Å². The molecule has 0 aliphatic carbocycles. The molecule has 0 amide bonds. The van der Waals surface area contributed by atoms with Gasteiger partial charge in [-0.25, -0.2) is 4.98 Å². The van der Waals surface area contributed by atoms with Crippen molar-refractivity contribution in [3.63, 3.8) is 0 Å². The average Bonchev–Trinajstić information content (AvgIpc) is 2.52. The number of nitrogens with zero attached hydrogens (tertiary/aromatic N) is 4. The molecule has 1 aliphatic heterocycles. The Labute approximate surface area is 122 Å². The highest BCUT2D eigenvalue weighted by molar-refractivity contribution is 5.62. The Morgan fingerprint density at radius 2 is 2.48 bits per heavy atom. The number of nitriles is 1. The minimum absolute atomic E-state index is 0.0596. The molecular weight excluding hydrogens is 274 g/mol. The fourth-order valence-electron chi connectivity index (χ4n) is 2.09. The third kappa shape index (κ3) is 3.58. The maximum atomic E-state index is 11.2. The van der Waals surface area contributed by atoms with Gasteiger partial charge in [-0.3, -0.25) is 10.1 Å². The Hall–Kier alpha value is -2.40. The molecule has 2 heterocycles. The van der Waals surface area contributed by atoms with Crippen molar-refractivity contribution in [3.05, 3.63) is 22.2 Å². The number of ether oxygens (including phenoxy) is 1. The summed E-state index contributed by atoms with van der Waals surface area (Å²) >= 11 is 0. The van der Waals surface area contributed by atoms with Gasteiger partial charge in [0.1, 0.15) is 5.82 Å². The van der Waals surface area contributed by atoms with Gasteiger partial charge in [0, 0.05) is 19.2 Å². The summed E-state index contributed by atoms with van der Waals surface area (Å²) in [6, 6.07) is 5.06. The first kappa shape index (κ1) is 15.0. The van der Waals surface area contributed by atoms with Gasteiger partial charge in [-0.1, -0.05) is 6.92 Å². The first-order valence-electron chi connectivity index (χ1n) is 6.81. The minimum atomic E-state index is -0.590. The van der Waals surface area contributed by atoms with E-state index < -0.39 is 11.0 Å². The van der Waals surface area contributed by atoms with E-state index in [1.807, 2.05) is 13.0 Å². The number of nitrogens with one attached hydrogen (secondary N) is 1. The van der Waals surface area contributed by atoms with Crippen LogP contribution in [0.15, 0.2) is 12.1 Å². The van der Waals surface area contributed by atoms with Crippen LogP contribution in [0.1, 0.15) is 13.3 Å². The predicted molar refractivity (Wildman–Crippen MR) is 77.2 cm³/mol. The van der Waals surface area contributed by atoms with E-state index in [1.54, 1.807) is 11.0 Å². The van der Waals surface area contributed by atoms with Crippen LogP contribution in [0, 0.1) is 21.4 Å². The quantitative estimate of drug-likeness (QED) is 0.648. The molecule has 1 aromatic rings. The van der Waals surface area contributed by atoms with E-state index in [2.05, 4.69) is 10.3 Å². The van der Waals surface area contributed by atoms with Crippen LogP contribution >= 0.6 is 0 Å². The monoisotopic (exact) mass is 291 g/mol. The lowest BCUT2D eigenvalue weighted by Gasteiger charge is -2.30. The molecular formula is C13H17N5O3. The summed E-state index contributed by atoms with van der Waals surface area (Å²) < 4.78 is 5.26. The summed E-state index contributed by atoms with van der Waals surface area (Å²) in [7, 11) is 0. The normalized spacial score (nSPS) is 18.1. The Kier molecular flexibility index (Phi) is 4.90. The largest absolute Gasteiger partial charge is 0.370 e. The Bertz CT molecular complexity index is 557. The second-order valence-corrected chi connectivity index (χ2v) is 4.66. The fourth-order valence-corrected chi connectivity index (χ4v) is 2.09. The van der Waals surface area contributed by atoms with Crippen LogP contribution in [0.25, 0.3) is 0 Å². The molecule has 1 atom stereocenters. The molecule has 1 aliphatic rings. The Morgan fingerprint density at radius 1 is 1.67 bits per heavy atom. The summed E-state index contributed by atoms with van der Waals surface area (Å²) in [4.78, 5) is 16.8. The Morgan fingerprint density at radius 3 is 3.14 bits per heavy atom. The van der Waals surface area contributed by atoms with Crippen LogP contribution in [0.2, 0.25) is 0 Å². The van der Waals surface area contributed by atoms with Crippen LogP contribution in [-0.2, 0) is 4.74 Å². The van der Waals surface area contributed by atoms with Gasteiger partial charge in [-0.05, 0) is 12.5 Å². The molecule has 1 fully saturated rings. The van der Waals surface area contributed by atoms with E-state index in [0.29, 0.717) is 19.0 Å². The SMILES string of the molecule is CCCNc1ccc([N+](=O)[O-])c(N2CCOC(C#N)C2)n1. The Balaban J connectivity index is 2.29. The highest BCUT2D eigenvalue weighted by Crippen LogP contribution is 2.29. The summed E-state index contributed by atoms with van der Waals surface area (Å²) in [5, 5.41) is 23.2. The molecule has 1 saturated heterocycles. The zero-order valence-electron chi connectivity index (χ0n) is 11.8. The molecule has 8 heteroatoms. The molecule has 21 heavy (non-hydrogen) atoms. The van der Waals surface area contributed by atoms with Crippen molar-refractivity contribution in [2.75, 3.05) is 36.5 Å². The van der Waals surface area contributed by atoms with Gasteiger partial charge in [0.25, 0.3) is 0 Å². The first-order valence-corrected chi connectivity index (χ1v) is 6.81. The van der Waals surface area contributed by atoms with E-state index in [0.717, 1.165) is 13.0 Å². The number of anilines is 2. The molecule has 0 bridgehead atoms.